The van der Waals surface area contributed by atoms with Crippen LogP contribution in [0.15, 0.2) is 0 Å². The number of rotatable bonds is 1. The summed E-state index contributed by atoms with van der Waals surface area (Å²) in [4.78, 5) is 1.80. The SMILES string of the molecule is CN(C)[C@H]1[C@H](O)[C@@H]2OC[C@@H](O2)[C@H]1O. The lowest BCUT2D eigenvalue weighted by molar-refractivity contribution is -0.209. The number of aliphatic hydroxyl groups excluding tert-OH is 2. The lowest BCUT2D eigenvalue weighted by Crippen LogP contribution is -2.59. The Labute approximate surface area is 76.9 Å². The first-order chi connectivity index (χ1) is 6.11. The monoisotopic (exact) mass is 189 g/mol. The van der Waals surface area contributed by atoms with Gasteiger partial charge in [0.15, 0.2) is 6.29 Å². The standard InChI is InChI=1S/C8H15NO4/c1-9(2)5-6(10)4-3-12-8(13-4)7(5)11/h4-8,10-11H,3H2,1-2H3/t4-,5-,6-,7+,8-/m1/s1. The van der Waals surface area contributed by atoms with Crippen molar-refractivity contribution in [3.8, 4) is 0 Å². The molecular formula is C8H15NO4. The lowest BCUT2D eigenvalue weighted by atomic mass is 9.97. The van der Waals surface area contributed by atoms with Crippen LogP contribution in [0.3, 0.4) is 0 Å². The van der Waals surface area contributed by atoms with Gasteiger partial charge in [-0.05, 0) is 14.1 Å². The molecule has 76 valence electrons. The predicted molar refractivity (Wildman–Crippen MR) is 44.1 cm³/mol. The zero-order chi connectivity index (χ0) is 9.59. The molecular weight excluding hydrogens is 174 g/mol. The van der Waals surface area contributed by atoms with Crippen molar-refractivity contribution in [3.05, 3.63) is 0 Å². The molecule has 2 fully saturated rings. The van der Waals surface area contributed by atoms with Crippen molar-refractivity contribution in [1.82, 2.24) is 4.90 Å². The molecule has 2 aliphatic heterocycles. The van der Waals surface area contributed by atoms with E-state index in [0.717, 1.165) is 0 Å². The number of hydrogen-bond donors (Lipinski definition) is 2. The smallest absolute Gasteiger partial charge is 0.185 e. The molecule has 2 aliphatic rings. The molecule has 5 nitrogen and oxygen atoms in total. The second-order valence-electron chi connectivity index (χ2n) is 3.81. The van der Waals surface area contributed by atoms with Gasteiger partial charge in [0.2, 0.25) is 0 Å². The maximum atomic E-state index is 9.79. The maximum absolute atomic E-state index is 9.79. The third-order valence-corrected chi connectivity index (χ3v) is 2.69. The van der Waals surface area contributed by atoms with Gasteiger partial charge in [0.1, 0.15) is 18.3 Å². The zero-order valence-electron chi connectivity index (χ0n) is 7.75. The molecule has 13 heavy (non-hydrogen) atoms. The second kappa shape index (κ2) is 3.18. The van der Waals surface area contributed by atoms with Crippen molar-refractivity contribution in [3.63, 3.8) is 0 Å². The average Bonchev–Trinajstić information content (AvgIpc) is 2.46. The van der Waals surface area contributed by atoms with E-state index >= 15 is 0 Å². The normalized spacial score (nSPS) is 50.1. The first-order valence-corrected chi connectivity index (χ1v) is 4.41. The molecule has 0 amide bonds. The number of likely N-dealkylation sites (N-methyl/N-ethyl adjacent to an activating group) is 1. The van der Waals surface area contributed by atoms with E-state index in [1.807, 2.05) is 14.1 Å². The van der Waals surface area contributed by atoms with Crippen LogP contribution in [0.4, 0.5) is 0 Å². The fourth-order valence-electron chi connectivity index (χ4n) is 1.99. The fourth-order valence-corrected chi connectivity index (χ4v) is 1.99. The molecule has 5 atom stereocenters. The number of nitrogens with zero attached hydrogens (tertiary/aromatic N) is 1. The van der Waals surface area contributed by atoms with Crippen LogP contribution in [-0.2, 0) is 9.47 Å². The van der Waals surface area contributed by atoms with Crippen molar-refractivity contribution in [2.45, 2.75) is 30.6 Å². The second-order valence-corrected chi connectivity index (χ2v) is 3.81. The van der Waals surface area contributed by atoms with Crippen LogP contribution in [0, 0.1) is 0 Å². The van der Waals surface area contributed by atoms with E-state index in [-0.39, 0.29) is 12.1 Å². The Morgan fingerprint density at radius 2 is 1.92 bits per heavy atom. The lowest BCUT2D eigenvalue weighted by Gasteiger charge is -2.39. The van der Waals surface area contributed by atoms with Gasteiger partial charge in [0, 0.05) is 0 Å². The number of aliphatic hydroxyl groups is 2. The largest absolute Gasteiger partial charge is 0.389 e. The summed E-state index contributed by atoms with van der Waals surface area (Å²) in [6.07, 6.45) is -2.31. The molecule has 0 radical (unpaired) electrons. The molecule has 0 saturated carbocycles. The highest BCUT2D eigenvalue weighted by Crippen LogP contribution is 2.29. The van der Waals surface area contributed by atoms with Crippen LogP contribution in [0.1, 0.15) is 0 Å². The van der Waals surface area contributed by atoms with E-state index in [2.05, 4.69) is 0 Å². The van der Waals surface area contributed by atoms with E-state index < -0.39 is 18.5 Å². The minimum atomic E-state index is -0.774. The number of ether oxygens (including phenoxy) is 2. The van der Waals surface area contributed by atoms with Crippen molar-refractivity contribution >= 4 is 0 Å². The van der Waals surface area contributed by atoms with Gasteiger partial charge < -0.3 is 24.6 Å². The third kappa shape index (κ3) is 1.37. The average molecular weight is 189 g/mol. The number of hydrogen-bond acceptors (Lipinski definition) is 5. The van der Waals surface area contributed by atoms with Crippen molar-refractivity contribution in [2.24, 2.45) is 0 Å². The van der Waals surface area contributed by atoms with Crippen LogP contribution in [0.2, 0.25) is 0 Å². The summed E-state index contributed by atoms with van der Waals surface area (Å²) in [6.45, 7) is 0.368. The number of fused-ring (bicyclic) bond motifs is 2. The van der Waals surface area contributed by atoms with Crippen LogP contribution in [0.5, 0.6) is 0 Å². The molecule has 2 rings (SSSR count). The minimum absolute atomic E-state index is 0.291. The summed E-state index contributed by atoms with van der Waals surface area (Å²) in [6, 6.07) is -0.300. The van der Waals surface area contributed by atoms with E-state index in [4.69, 9.17) is 9.47 Å². The van der Waals surface area contributed by atoms with Gasteiger partial charge in [0.05, 0.1) is 12.6 Å². The van der Waals surface area contributed by atoms with E-state index in [1.54, 1.807) is 4.90 Å². The topological polar surface area (TPSA) is 62.2 Å². The molecule has 0 aromatic carbocycles. The Morgan fingerprint density at radius 3 is 2.54 bits per heavy atom. The predicted octanol–water partition coefficient (Wildman–Crippen LogP) is -1.61. The highest BCUT2D eigenvalue weighted by atomic mass is 16.7. The Hall–Kier alpha value is -0.200. The third-order valence-electron chi connectivity index (χ3n) is 2.69. The molecule has 2 N–H and O–H groups in total. The zero-order valence-corrected chi connectivity index (χ0v) is 7.75. The Morgan fingerprint density at radius 1 is 1.23 bits per heavy atom. The first kappa shape index (κ1) is 9.36. The molecule has 0 unspecified atom stereocenters. The molecule has 2 saturated heterocycles. The van der Waals surface area contributed by atoms with Gasteiger partial charge in [-0.3, -0.25) is 0 Å². The highest BCUT2D eigenvalue weighted by Gasteiger charge is 2.50. The summed E-state index contributed by atoms with van der Waals surface area (Å²) in [5.41, 5.74) is 0. The Balaban J connectivity index is 2.17. The van der Waals surface area contributed by atoms with Gasteiger partial charge >= 0.3 is 0 Å². The first-order valence-electron chi connectivity index (χ1n) is 4.41. The van der Waals surface area contributed by atoms with Crippen LogP contribution in [-0.4, -0.2) is 66.5 Å². The van der Waals surface area contributed by atoms with Gasteiger partial charge in [-0.25, -0.2) is 0 Å². The van der Waals surface area contributed by atoms with Gasteiger partial charge in [-0.1, -0.05) is 0 Å². The molecule has 2 heterocycles. The fraction of sp³-hybridized carbons (Fsp3) is 1.00. The summed E-state index contributed by atoms with van der Waals surface area (Å²) >= 11 is 0. The molecule has 2 bridgehead atoms. The van der Waals surface area contributed by atoms with E-state index in [0.29, 0.717) is 6.61 Å². The van der Waals surface area contributed by atoms with Gasteiger partial charge in [0.25, 0.3) is 0 Å². The minimum Gasteiger partial charge on any atom is -0.389 e. The molecule has 0 aromatic heterocycles. The highest BCUT2D eigenvalue weighted by molar-refractivity contribution is 4.96. The van der Waals surface area contributed by atoms with E-state index in [9.17, 15) is 10.2 Å². The van der Waals surface area contributed by atoms with Crippen LogP contribution >= 0.6 is 0 Å². The van der Waals surface area contributed by atoms with Crippen molar-refractivity contribution in [1.29, 1.82) is 0 Å². The molecule has 0 aliphatic carbocycles. The quantitative estimate of drug-likeness (QED) is 0.520. The van der Waals surface area contributed by atoms with Crippen molar-refractivity contribution in [2.75, 3.05) is 20.7 Å². The maximum Gasteiger partial charge on any atom is 0.185 e. The molecule has 0 aromatic rings. The Kier molecular flexibility index (Phi) is 2.29. The summed E-state index contributed by atoms with van der Waals surface area (Å²) in [5, 5.41) is 19.5. The summed E-state index contributed by atoms with van der Waals surface area (Å²) < 4.78 is 10.4. The van der Waals surface area contributed by atoms with Gasteiger partial charge in [-0.2, -0.15) is 0 Å². The van der Waals surface area contributed by atoms with Crippen LogP contribution in [0.25, 0.3) is 0 Å². The molecule has 0 spiro atoms. The summed E-state index contributed by atoms with van der Waals surface area (Å²) in [7, 11) is 3.64. The van der Waals surface area contributed by atoms with Gasteiger partial charge in [-0.15, -0.1) is 0 Å². The van der Waals surface area contributed by atoms with Crippen molar-refractivity contribution < 1.29 is 19.7 Å². The molecule has 5 heteroatoms. The Bertz CT molecular complexity index is 183. The van der Waals surface area contributed by atoms with Crippen LogP contribution < -0.4 is 0 Å². The van der Waals surface area contributed by atoms with E-state index in [1.165, 1.54) is 0 Å². The summed E-state index contributed by atoms with van der Waals surface area (Å²) in [5.74, 6) is 0.